The van der Waals surface area contributed by atoms with E-state index >= 15 is 0 Å². The van der Waals surface area contributed by atoms with E-state index in [1.54, 1.807) is 34.9 Å². The minimum absolute atomic E-state index is 0.453. The highest BCUT2D eigenvalue weighted by molar-refractivity contribution is 5.65. The van der Waals surface area contributed by atoms with Crippen LogP contribution in [0.4, 0.5) is 4.79 Å². The van der Waals surface area contributed by atoms with E-state index in [1.807, 2.05) is 0 Å². The van der Waals surface area contributed by atoms with E-state index in [4.69, 9.17) is 4.89 Å². The maximum Gasteiger partial charge on any atom is 0.440 e. The Morgan fingerprint density at radius 2 is 1.73 bits per heavy atom. The molecule has 0 heterocycles. The maximum absolute atomic E-state index is 10.8. The Balaban J connectivity index is 3.64. The summed E-state index contributed by atoms with van der Waals surface area (Å²) in [5.74, 6) is 0. The first-order chi connectivity index (χ1) is 4.83. The van der Waals surface area contributed by atoms with Gasteiger partial charge in [-0.05, 0) is 20.8 Å². The van der Waals surface area contributed by atoms with Gasteiger partial charge >= 0.3 is 6.09 Å². The lowest BCUT2D eigenvalue weighted by atomic mass is 10.2. The van der Waals surface area contributed by atoms with Gasteiger partial charge in [0.05, 0.1) is 0 Å². The zero-order valence-electron chi connectivity index (χ0n) is 7.67. The third-order valence-corrected chi connectivity index (χ3v) is 0.728. The first kappa shape index (κ1) is 10.2. The molecule has 0 bridgehead atoms. The summed E-state index contributed by atoms with van der Waals surface area (Å²) in [7, 11) is 3.18. The topological polar surface area (TPSA) is 38.8 Å². The minimum Gasteiger partial charge on any atom is -0.312 e. The molecule has 0 aromatic heterocycles. The van der Waals surface area contributed by atoms with Crippen molar-refractivity contribution < 1.29 is 14.6 Å². The molecule has 0 saturated heterocycles. The normalized spacial score (nSPS) is 11.0. The molecule has 0 aliphatic carbocycles. The summed E-state index contributed by atoms with van der Waals surface area (Å²) in [5.41, 5.74) is -0.453. The Morgan fingerprint density at radius 3 is 2.00 bits per heavy atom. The second kappa shape index (κ2) is 3.57. The number of nitrogens with zero attached hydrogens (tertiary/aromatic N) is 1. The zero-order chi connectivity index (χ0) is 9.07. The molecule has 0 aromatic rings. The van der Waals surface area contributed by atoms with Crippen LogP contribution in [0.15, 0.2) is 0 Å². The quantitative estimate of drug-likeness (QED) is 0.431. The molecule has 0 saturated carbocycles. The van der Waals surface area contributed by atoms with E-state index in [0.717, 1.165) is 0 Å². The van der Waals surface area contributed by atoms with Crippen molar-refractivity contribution in [3.63, 3.8) is 0 Å². The smallest absolute Gasteiger partial charge is 0.312 e. The average molecular weight is 161 g/mol. The summed E-state index contributed by atoms with van der Waals surface area (Å²) >= 11 is 0. The van der Waals surface area contributed by atoms with E-state index < -0.39 is 11.7 Å². The van der Waals surface area contributed by atoms with Crippen molar-refractivity contribution >= 4 is 6.09 Å². The molecule has 0 fully saturated rings. The molecular formula is C7H15NO3. The molecule has 0 radical (unpaired) electrons. The van der Waals surface area contributed by atoms with Crippen molar-refractivity contribution in [3.05, 3.63) is 0 Å². The minimum atomic E-state index is -0.500. The van der Waals surface area contributed by atoms with Crippen LogP contribution in [0, 0.1) is 0 Å². The van der Waals surface area contributed by atoms with Crippen LogP contribution in [0.1, 0.15) is 20.8 Å². The number of carbonyl (C=O) groups excluding carboxylic acids is 1. The third kappa shape index (κ3) is 5.66. The van der Waals surface area contributed by atoms with Crippen molar-refractivity contribution in [2.24, 2.45) is 0 Å². The van der Waals surface area contributed by atoms with Gasteiger partial charge in [0.15, 0.2) is 0 Å². The lowest BCUT2D eigenvalue weighted by Gasteiger charge is -2.18. The lowest BCUT2D eigenvalue weighted by Crippen LogP contribution is -2.28. The summed E-state index contributed by atoms with van der Waals surface area (Å²) in [5, 5.41) is 0. The van der Waals surface area contributed by atoms with E-state index in [0.29, 0.717) is 0 Å². The standard InChI is InChI=1S/C7H15NO3/c1-7(2,3)11-10-6(9)8(4)5/h1-5H3. The van der Waals surface area contributed by atoms with Crippen LogP contribution in [0.2, 0.25) is 0 Å². The Kier molecular flexibility index (Phi) is 3.32. The molecule has 11 heavy (non-hydrogen) atoms. The molecule has 0 rings (SSSR count). The average Bonchev–Trinajstić information content (AvgIpc) is 1.80. The Morgan fingerprint density at radius 1 is 1.27 bits per heavy atom. The molecule has 1 amide bonds. The summed E-state index contributed by atoms with van der Waals surface area (Å²) in [4.78, 5) is 21.3. The Bertz CT molecular complexity index is 137. The van der Waals surface area contributed by atoms with Gasteiger partial charge < -0.3 is 4.90 Å². The van der Waals surface area contributed by atoms with E-state index in [9.17, 15) is 4.79 Å². The first-order valence-electron chi connectivity index (χ1n) is 3.40. The van der Waals surface area contributed by atoms with E-state index in [1.165, 1.54) is 4.90 Å². The van der Waals surface area contributed by atoms with Crippen molar-refractivity contribution in [2.75, 3.05) is 14.1 Å². The molecule has 0 unspecified atom stereocenters. The molecule has 0 aliphatic heterocycles. The third-order valence-electron chi connectivity index (χ3n) is 0.728. The molecule has 4 heteroatoms. The fourth-order valence-electron chi connectivity index (χ4n) is 0.235. The van der Waals surface area contributed by atoms with Gasteiger partial charge in [-0.25, -0.2) is 4.79 Å². The molecule has 0 aliphatic rings. The molecule has 4 nitrogen and oxygen atoms in total. The largest absolute Gasteiger partial charge is 0.440 e. The number of amides is 1. The van der Waals surface area contributed by atoms with Gasteiger partial charge in [-0.15, -0.1) is 0 Å². The van der Waals surface area contributed by atoms with Crippen LogP contribution in [-0.2, 0) is 9.78 Å². The SMILES string of the molecule is CN(C)C(=O)OOC(C)(C)C. The van der Waals surface area contributed by atoms with Crippen molar-refractivity contribution in [2.45, 2.75) is 26.4 Å². The number of carbonyl (C=O) groups is 1. The van der Waals surface area contributed by atoms with Crippen molar-refractivity contribution in [1.29, 1.82) is 0 Å². The predicted octanol–water partition coefficient (Wildman–Crippen LogP) is 1.41. The van der Waals surface area contributed by atoms with Gasteiger partial charge in [0.1, 0.15) is 5.60 Å². The maximum atomic E-state index is 10.8. The molecule has 0 spiro atoms. The fraction of sp³-hybridized carbons (Fsp3) is 0.857. The number of hydrogen-bond acceptors (Lipinski definition) is 3. The number of hydrogen-bond donors (Lipinski definition) is 0. The van der Waals surface area contributed by atoms with Crippen molar-refractivity contribution in [3.8, 4) is 0 Å². The molecule has 0 atom stereocenters. The monoisotopic (exact) mass is 161 g/mol. The second-order valence-corrected chi connectivity index (χ2v) is 3.44. The zero-order valence-corrected chi connectivity index (χ0v) is 7.67. The van der Waals surface area contributed by atoms with Gasteiger partial charge in [0, 0.05) is 14.1 Å². The van der Waals surface area contributed by atoms with Crippen LogP contribution in [-0.4, -0.2) is 30.7 Å². The van der Waals surface area contributed by atoms with E-state index in [2.05, 4.69) is 4.89 Å². The van der Waals surface area contributed by atoms with Crippen LogP contribution >= 0.6 is 0 Å². The van der Waals surface area contributed by atoms with E-state index in [-0.39, 0.29) is 0 Å². The highest BCUT2D eigenvalue weighted by Crippen LogP contribution is 2.07. The van der Waals surface area contributed by atoms with Crippen LogP contribution in [0.25, 0.3) is 0 Å². The highest BCUT2D eigenvalue weighted by atomic mass is 17.2. The molecule has 0 aromatic carbocycles. The van der Waals surface area contributed by atoms with Gasteiger partial charge in [0.25, 0.3) is 0 Å². The fourth-order valence-corrected chi connectivity index (χ4v) is 0.235. The van der Waals surface area contributed by atoms with Crippen LogP contribution in [0.3, 0.4) is 0 Å². The lowest BCUT2D eigenvalue weighted by molar-refractivity contribution is -0.304. The Hall–Kier alpha value is -0.770. The predicted molar refractivity (Wildman–Crippen MR) is 41.0 cm³/mol. The summed E-state index contributed by atoms with van der Waals surface area (Å²) < 4.78 is 0. The van der Waals surface area contributed by atoms with Crippen LogP contribution in [0.5, 0.6) is 0 Å². The summed E-state index contributed by atoms with van der Waals surface area (Å²) in [6, 6.07) is 0. The summed E-state index contributed by atoms with van der Waals surface area (Å²) in [6.45, 7) is 5.40. The number of rotatable bonds is 1. The van der Waals surface area contributed by atoms with Crippen molar-refractivity contribution in [1.82, 2.24) is 4.90 Å². The van der Waals surface area contributed by atoms with Gasteiger partial charge in [0.2, 0.25) is 0 Å². The van der Waals surface area contributed by atoms with Gasteiger partial charge in [-0.2, -0.15) is 4.89 Å². The van der Waals surface area contributed by atoms with Crippen LogP contribution < -0.4 is 0 Å². The molecular weight excluding hydrogens is 146 g/mol. The molecule has 0 N–H and O–H groups in total. The first-order valence-corrected chi connectivity index (χ1v) is 3.40. The molecule has 66 valence electrons. The van der Waals surface area contributed by atoms with Gasteiger partial charge in [-0.3, -0.25) is 4.89 Å². The highest BCUT2D eigenvalue weighted by Gasteiger charge is 2.15. The second-order valence-electron chi connectivity index (χ2n) is 3.44. The van der Waals surface area contributed by atoms with Gasteiger partial charge in [-0.1, -0.05) is 0 Å². The summed E-state index contributed by atoms with van der Waals surface area (Å²) in [6.07, 6.45) is -0.500. The Labute approximate surface area is 67.0 Å².